The van der Waals surface area contributed by atoms with E-state index in [4.69, 9.17) is 4.74 Å². The number of rotatable bonds is 4. The van der Waals surface area contributed by atoms with Gasteiger partial charge in [0.15, 0.2) is 0 Å². The number of anilines is 1. The van der Waals surface area contributed by atoms with E-state index in [2.05, 4.69) is 17.5 Å². The number of carbonyl (C=O) groups is 1. The number of nitro benzene ring substituents is 1. The summed E-state index contributed by atoms with van der Waals surface area (Å²) in [5.41, 5.74) is 2.96. The Hall–Kier alpha value is -3.15. The van der Waals surface area contributed by atoms with Gasteiger partial charge in [-0.25, -0.2) is 4.79 Å². The molecule has 0 fully saturated rings. The van der Waals surface area contributed by atoms with Crippen LogP contribution in [-0.4, -0.2) is 17.5 Å². The number of carbonyl (C=O) groups excluding carboxylic acids is 1. The molecule has 6 nitrogen and oxygen atoms in total. The van der Waals surface area contributed by atoms with E-state index in [0.29, 0.717) is 23.4 Å². The number of nitrogens with zero attached hydrogens (tertiary/aromatic N) is 1. The summed E-state index contributed by atoms with van der Waals surface area (Å²) in [6, 6.07) is 12.2. The Balaban J connectivity index is 1.84. The lowest BCUT2D eigenvalue weighted by molar-refractivity contribution is -0.385. The van der Waals surface area contributed by atoms with Gasteiger partial charge in [-0.1, -0.05) is 42.5 Å². The molecule has 0 radical (unpaired) electrons. The number of benzene rings is 2. The van der Waals surface area contributed by atoms with Gasteiger partial charge in [0.05, 0.1) is 34.4 Å². The quantitative estimate of drug-likeness (QED) is 0.371. The summed E-state index contributed by atoms with van der Waals surface area (Å²) in [5.74, 6) is -0.111. The predicted octanol–water partition coefficient (Wildman–Crippen LogP) is 4.60. The maximum atomic E-state index is 12.4. The van der Waals surface area contributed by atoms with Crippen LogP contribution in [0.2, 0.25) is 0 Å². The Kier molecular flexibility index (Phi) is 4.39. The van der Waals surface area contributed by atoms with Crippen LogP contribution in [0.4, 0.5) is 11.4 Å². The lowest BCUT2D eigenvalue weighted by atomic mass is 9.76. The van der Waals surface area contributed by atoms with Gasteiger partial charge in [-0.05, 0) is 30.9 Å². The first-order valence-electron chi connectivity index (χ1n) is 9.08. The Bertz CT molecular complexity index is 938. The number of fused-ring (bicyclic) bond motifs is 3. The number of nitro groups is 1. The third-order valence-electron chi connectivity index (χ3n) is 5.36. The van der Waals surface area contributed by atoms with Gasteiger partial charge < -0.3 is 10.1 Å². The largest absolute Gasteiger partial charge is 0.462 e. The zero-order chi connectivity index (χ0) is 19.0. The van der Waals surface area contributed by atoms with Gasteiger partial charge in [-0.3, -0.25) is 10.1 Å². The molecule has 1 heterocycles. The third kappa shape index (κ3) is 2.87. The van der Waals surface area contributed by atoms with Crippen molar-refractivity contribution in [3.8, 4) is 0 Å². The van der Waals surface area contributed by atoms with Crippen LogP contribution in [0.3, 0.4) is 0 Å². The molecule has 1 aliphatic heterocycles. The highest BCUT2D eigenvalue weighted by Crippen LogP contribution is 2.51. The molecule has 0 spiro atoms. The van der Waals surface area contributed by atoms with E-state index in [9.17, 15) is 14.9 Å². The van der Waals surface area contributed by atoms with Crippen molar-refractivity contribution in [3.63, 3.8) is 0 Å². The summed E-state index contributed by atoms with van der Waals surface area (Å²) in [6.07, 6.45) is 5.09. The minimum atomic E-state index is -0.386. The van der Waals surface area contributed by atoms with Crippen LogP contribution in [0, 0.1) is 16.0 Å². The number of allylic oxidation sites excluding steroid dienone is 2. The zero-order valence-electron chi connectivity index (χ0n) is 14.9. The van der Waals surface area contributed by atoms with Crippen LogP contribution in [0.25, 0.3) is 0 Å². The summed E-state index contributed by atoms with van der Waals surface area (Å²) in [5, 5.41) is 15.0. The van der Waals surface area contributed by atoms with Crippen molar-refractivity contribution in [2.45, 2.75) is 25.3 Å². The van der Waals surface area contributed by atoms with Crippen LogP contribution in [-0.2, 0) is 4.74 Å². The Morgan fingerprint density at radius 2 is 2.00 bits per heavy atom. The number of hydrogen-bond acceptors (Lipinski definition) is 5. The second-order valence-electron chi connectivity index (χ2n) is 6.78. The normalized spacial score (nSPS) is 22.5. The fourth-order valence-corrected chi connectivity index (χ4v) is 4.23. The standard InChI is InChI=1S/C21H20N2O4/c1-2-27-21(24)17-11-6-10-15-13-8-5-9-14(13)19(22-20(15)17)16-7-3-4-12-18(16)23(25)26/h3-8,10-14,19,22H,2,9H2,1H3/t13-,14+,19-/m0/s1. The molecule has 138 valence electrons. The average Bonchev–Trinajstić information content (AvgIpc) is 3.17. The maximum Gasteiger partial charge on any atom is 0.340 e. The van der Waals surface area contributed by atoms with E-state index in [-0.39, 0.29) is 34.5 Å². The molecule has 2 aromatic carbocycles. The number of nitrogens with one attached hydrogen (secondary N) is 1. The van der Waals surface area contributed by atoms with Gasteiger partial charge >= 0.3 is 5.97 Å². The molecule has 1 N–H and O–H groups in total. The van der Waals surface area contributed by atoms with Crippen molar-refractivity contribution in [1.29, 1.82) is 0 Å². The van der Waals surface area contributed by atoms with Gasteiger partial charge in [0.2, 0.25) is 0 Å². The van der Waals surface area contributed by atoms with Crippen molar-refractivity contribution in [2.75, 3.05) is 11.9 Å². The molecule has 2 aromatic rings. The average molecular weight is 364 g/mol. The van der Waals surface area contributed by atoms with Crippen molar-refractivity contribution in [3.05, 3.63) is 81.4 Å². The fraction of sp³-hybridized carbons (Fsp3) is 0.286. The van der Waals surface area contributed by atoms with E-state index in [1.165, 1.54) is 6.07 Å². The minimum absolute atomic E-state index is 0.0951. The molecule has 0 bridgehead atoms. The molecular formula is C21H20N2O4. The monoisotopic (exact) mass is 364 g/mol. The molecule has 27 heavy (non-hydrogen) atoms. The van der Waals surface area contributed by atoms with E-state index in [1.807, 2.05) is 18.2 Å². The molecule has 3 atom stereocenters. The van der Waals surface area contributed by atoms with Crippen LogP contribution in [0.15, 0.2) is 54.6 Å². The van der Waals surface area contributed by atoms with Gasteiger partial charge in [-0.2, -0.15) is 0 Å². The highest BCUT2D eigenvalue weighted by Gasteiger charge is 2.41. The third-order valence-corrected chi connectivity index (χ3v) is 5.36. The summed E-state index contributed by atoms with van der Waals surface area (Å²) in [4.78, 5) is 23.6. The van der Waals surface area contributed by atoms with Gasteiger partial charge in [-0.15, -0.1) is 0 Å². The highest BCUT2D eigenvalue weighted by molar-refractivity contribution is 5.97. The Morgan fingerprint density at radius 3 is 2.78 bits per heavy atom. The second-order valence-corrected chi connectivity index (χ2v) is 6.78. The molecule has 0 unspecified atom stereocenters. The predicted molar refractivity (Wildman–Crippen MR) is 102 cm³/mol. The Labute approximate surface area is 157 Å². The topological polar surface area (TPSA) is 81.5 Å². The molecule has 1 aliphatic carbocycles. The SMILES string of the molecule is CCOC(=O)c1cccc2c1N[C@H](c1ccccc1[N+](=O)[O-])[C@@H]1CC=C[C@H]21. The molecule has 4 rings (SSSR count). The lowest BCUT2D eigenvalue weighted by Gasteiger charge is -2.38. The maximum absolute atomic E-state index is 12.4. The number of esters is 1. The van der Waals surface area contributed by atoms with E-state index in [1.54, 1.807) is 25.1 Å². The van der Waals surface area contributed by atoms with E-state index in [0.717, 1.165) is 12.0 Å². The zero-order valence-corrected chi connectivity index (χ0v) is 14.9. The minimum Gasteiger partial charge on any atom is -0.462 e. The van der Waals surface area contributed by atoms with Gasteiger partial charge in [0.1, 0.15) is 0 Å². The van der Waals surface area contributed by atoms with Crippen LogP contribution < -0.4 is 5.32 Å². The number of ether oxygens (including phenoxy) is 1. The number of para-hydroxylation sites is 2. The molecular weight excluding hydrogens is 344 g/mol. The van der Waals surface area contributed by atoms with Crippen molar-refractivity contribution < 1.29 is 14.5 Å². The molecule has 2 aliphatic rings. The summed E-state index contributed by atoms with van der Waals surface area (Å²) >= 11 is 0. The highest BCUT2D eigenvalue weighted by atomic mass is 16.6. The molecule has 0 amide bonds. The van der Waals surface area contributed by atoms with Crippen molar-refractivity contribution in [1.82, 2.24) is 0 Å². The van der Waals surface area contributed by atoms with Gasteiger partial charge in [0, 0.05) is 12.0 Å². The summed E-state index contributed by atoms with van der Waals surface area (Å²) < 4.78 is 5.20. The van der Waals surface area contributed by atoms with Gasteiger partial charge in [0.25, 0.3) is 5.69 Å². The molecule has 0 saturated heterocycles. The van der Waals surface area contributed by atoms with E-state index < -0.39 is 0 Å². The molecule has 0 aromatic heterocycles. The lowest BCUT2D eigenvalue weighted by Crippen LogP contribution is -2.31. The Morgan fingerprint density at radius 1 is 1.22 bits per heavy atom. The molecule has 0 saturated carbocycles. The van der Waals surface area contributed by atoms with Crippen LogP contribution in [0.5, 0.6) is 0 Å². The summed E-state index contributed by atoms with van der Waals surface area (Å²) in [6.45, 7) is 2.06. The second kappa shape index (κ2) is 6.87. The van der Waals surface area contributed by atoms with Crippen molar-refractivity contribution >= 4 is 17.3 Å². The van der Waals surface area contributed by atoms with Crippen molar-refractivity contribution in [2.24, 2.45) is 5.92 Å². The van der Waals surface area contributed by atoms with E-state index >= 15 is 0 Å². The first-order valence-corrected chi connectivity index (χ1v) is 9.08. The first-order chi connectivity index (χ1) is 13.1. The molecule has 6 heteroatoms. The number of hydrogen-bond donors (Lipinski definition) is 1. The first kappa shape index (κ1) is 17.3. The van der Waals surface area contributed by atoms with Crippen LogP contribution >= 0.6 is 0 Å². The van der Waals surface area contributed by atoms with Crippen LogP contribution in [0.1, 0.15) is 46.8 Å². The smallest absolute Gasteiger partial charge is 0.340 e. The fourth-order valence-electron chi connectivity index (χ4n) is 4.23. The summed E-state index contributed by atoms with van der Waals surface area (Å²) in [7, 11) is 0.